The van der Waals surface area contributed by atoms with Crippen LogP contribution in [0.25, 0.3) is 0 Å². The van der Waals surface area contributed by atoms with Crippen molar-refractivity contribution in [2.75, 3.05) is 7.05 Å². The summed E-state index contributed by atoms with van der Waals surface area (Å²) in [5.41, 5.74) is 0.957. The number of rotatable bonds is 5. The van der Waals surface area contributed by atoms with Crippen LogP contribution in [0.1, 0.15) is 25.5 Å². The second kappa shape index (κ2) is 5.61. The van der Waals surface area contributed by atoms with Crippen LogP contribution in [0.5, 0.6) is 0 Å². The second-order valence-electron chi connectivity index (χ2n) is 4.15. The van der Waals surface area contributed by atoms with Gasteiger partial charge in [-0.15, -0.1) is 0 Å². The molecule has 0 amide bonds. The molecule has 2 atom stereocenters. The fourth-order valence-corrected chi connectivity index (χ4v) is 1.94. The molecule has 1 rings (SSSR count). The molecule has 2 unspecified atom stereocenters. The molecule has 88 valence electrons. The van der Waals surface area contributed by atoms with Crippen LogP contribution in [0, 0.1) is 11.8 Å². The first-order valence-corrected chi connectivity index (χ1v) is 5.38. The number of pyridine rings is 1. The first-order valence-electron chi connectivity index (χ1n) is 5.38. The SMILES string of the molecule is CNC(c1ccncc1)C(C(=O)O)C(C)C. The standard InChI is InChI=1S/C12H18N2O2/c1-8(2)10(12(15)16)11(13-3)9-4-6-14-7-5-9/h4-8,10-11,13H,1-3H3,(H,15,16). The maximum absolute atomic E-state index is 11.3. The van der Waals surface area contributed by atoms with Crippen LogP contribution in [0.3, 0.4) is 0 Å². The largest absolute Gasteiger partial charge is 0.481 e. The lowest BCUT2D eigenvalue weighted by atomic mass is 9.85. The lowest BCUT2D eigenvalue weighted by molar-refractivity contribution is -0.144. The first kappa shape index (κ1) is 12.6. The molecule has 1 aromatic rings. The number of carboxylic acid groups (broad SMARTS) is 1. The predicted molar refractivity (Wildman–Crippen MR) is 62.0 cm³/mol. The Bertz CT molecular complexity index is 338. The van der Waals surface area contributed by atoms with E-state index in [2.05, 4.69) is 10.3 Å². The van der Waals surface area contributed by atoms with Gasteiger partial charge in [-0.1, -0.05) is 13.8 Å². The number of nitrogens with one attached hydrogen (secondary N) is 1. The molecule has 0 saturated heterocycles. The Morgan fingerprint density at radius 2 is 1.94 bits per heavy atom. The van der Waals surface area contributed by atoms with Crippen LogP contribution in [-0.2, 0) is 4.79 Å². The minimum Gasteiger partial charge on any atom is -0.481 e. The highest BCUT2D eigenvalue weighted by molar-refractivity contribution is 5.71. The lowest BCUT2D eigenvalue weighted by Crippen LogP contribution is -2.34. The van der Waals surface area contributed by atoms with Crippen LogP contribution in [0.2, 0.25) is 0 Å². The van der Waals surface area contributed by atoms with Gasteiger partial charge < -0.3 is 10.4 Å². The smallest absolute Gasteiger partial charge is 0.308 e. The molecular formula is C12H18N2O2. The van der Waals surface area contributed by atoms with Crippen molar-refractivity contribution in [1.82, 2.24) is 10.3 Å². The number of hydrogen-bond acceptors (Lipinski definition) is 3. The van der Waals surface area contributed by atoms with Gasteiger partial charge in [0.2, 0.25) is 0 Å². The van der Waals surface area contributed by atoms with Gasteiger partial charge in [-0.25, -0.2) is 0 Å². The van der Waals surface area contributed by atoms with Gasteiger partial charge in [0.25, 0.3) is 0 Å². The highest BCUT2D eigenvalue weighted by Crippen LogP contribution is 2.27. The molecule has 0 saturated carbocycles. The Morgan fingerprint density at radius 1 is 1.38 bits per heavy atom. The molecule has 1 heterocycles. The van der Waals surface area contributed by atoms with Crippen LogP contribution in [0.15, 0.2) is 24.5 Å². The summed E-state index contributed by atoms with van der Waals surface area (Å²) in [7, 11) is 1.78. The van der Waals surface area contributed by atoms with E-state index in [0.717, 1.165) is 5.56 Å². The Morgan fingerprint density at radius 3 is 2.31 bits per heavy atom. The van der Waals surface area contributed by atoms with E-state index in [1.807, 2.05) is 26.0 Å². The van der Waals surface area contributed by atoms with E-state index in [-0.39, 0.29) is 12.0 Å². The third kappa shape index (κ3) is 2.79. The second-order valence-corrected chi connectivity index (χ2v) is 4.15. The van der Waals surface area contributed by atoms with Gasteiger partial charge in [-0.05, 0) is 30.7 Å². The molecular weight excluding hydrogens is 204 g/mol. The molecule has 4 heteroatoms. The Kier molecular flexibility index (Phi) is 4.43. The van der Waals surface area contributed by atoms with Crippen molar-refractivity contribution in [2.24, 2.45) is 11.8 Å². The number of aromatic nitrogens is 1. The van der Waals surface area contributed by atoms with Crippen molar-refractivity contribution in [1.29, 1.82) is 0 Å². The summed E-state index contributed by atoms with van der Waals surface area (Å²) < 4.78 is 0. The molecule has 0 bridgehead atoms. The maximum atomic E-state index is 11.3. The zero-order valence-electron chi connectivity index (χ0n) is 9.84. The number of hydrogen-bond donors (Lipinski definition) is 2. The Labute approximate surface area is 95.7 Å². The van der Waals surface area contributed by atoms with Crippen molar-refractivity contribution < 1.29 is 9.90 Å². The molecule has 1 aromatic heterocycles. The van der Waals surface area contributed by atoms with E-state index in [1.54, 1.807) is 19.4 Å². The van der Waals surface area contributed by atoms with Gasteiger partial charge in [0, 0.05) is 18.4 Å². The summed E-state index contributed by atoms with van der Waals surface area (Å²) in [6.45, 7) is 3.84. The number of nitrogens with zero attached hydrogens (tertiary/aromatic N) is 1. The van der Waals surface area contributed by atoms with E-state index in [9.17, 15) is 9.90 Å². The quantitative estimate of drug-likeness (QED) is 0.796. The minimum absolute atomic E-state index is 0.0723. The van der Waals surface area contributed by atoms with Gasteiger partial charge in [-0.2, -0.15) is 0 Å². The molecule has 0 radical (unpaired) electrons. The predicted octanol–water partition coefficient (Wildman–Crippen LogP) is 1.70. The van der Waals surface area contributed by atoms with Gasteiger partial charge in [-0.3, -0.25) is 9.78 Å². The van der Waals surface area contributed by atoms with Gasteiger partial charge in [0.1, 0.15) is 0 Å². The van der Waals surface area contributed by atoms with Crippen LogP contribution in [-0.4, -0.2) is 23.1 Å². The van der Waals surface area contributed by atoms with Crippen molar-refractivity contribution in [3.8, 4) is 0 Å². The molecule has 4 nitrogen and oxygen atoms in total. The summed E-state index contributed by atoms with van der Waals surface area (Å²) in [6.07, 6.45) is 3.36. The number of carboxylic acids is 1. The van der Waals surface area contributed by atoms with Crippen LogP contribution < -0.4 is 5.32 Å². The van der Waals surface area contributed by atoms with Gasteiger partial charge >= 0.3 is 5.97 Å². The normalized spacial score (nSPS) is 14.8. The third-order valence-electron chi connectivity index (χ3n) is 2.74. The molecule has 0 aromatic carbocycles. The Balaban J connectivity index is 3.00. The fraction of sp³-hybridized carbons (Fsp3) is 0.500. The maximum Gasteiger partial charge on any atom is 0.308 e. The highest BCUT2D eigenvalue weighted by atomic mass is 16.4. The Hall–Kier alpha value is -1.42. The van der Waals surface area contributed by atoms with Crippen molar-refractivity contribution in [3.63, 3.8) is 0 Å². The average molecular weight is 222 g/mol. The molecule has 0 aliphatic heterocycles. The van der Waals surface area contributed by atoms with E-state index in [0.29, 0.717) is 0 Å². The van der Waals surface area contributed by atoms with E-state index >= 15 is 0 Å². The minimum atomic E-state index is -0.772. The van der Waals surface area contributed by atoms with Crippen molar-refractivity contribution in [3.05, 3.63) is 30.1 Å². The van der Waals surface area contributed by atoms with Gasteiger partial charge in [0.05, 0.1) is 5.92 Å². The fourth-order valence-electron chi connectivity index (χ4n) is 1.94. The van der Waals surface area contributed by atoms with Crippen LogP contribution in [0.4, 0.5) is 0 Å². The van der Waals surface area contributed by atoms with Crippen molar-refractivity contribution in [2.45, 2.75) is 19.9 Å². The van der Waals surface area contributed by atoms with Crippen molar-refractivity contribution >= 4 is 5.97 Å². The monoisotopic (exact) mass is 222 g/mol. The topological polar surface area (TPSA) is 62.2 Å². The first-order chi connectivity index (χ1) is 7.57. The molecule has 0 spiro atoms. The molecule has 0 aliphatic carbocycles. The summed E-state index contributed by atoms with van der Waals surface area (Å²) in [6, 6.07) is 3.51. The average Bonchev–Trinajstić information content (AvgIpc) is 2.25. The lowest BCUT2D eigenvalue weighted by Gasteiger charge is -2.26. The number of aliphatic carboxylic acids is 1. The molecule has 0 aliphatic rings. The third-order valence-corrected chi connectivity index (χ3v) is 2.74. The van der Waals surface area contributed by atoms with E-state index < -0.39 is 11.9 Å². The molecule has 0 fully saturated rings. The molecule has 16 heavy (non-hydrogen) atoms. The summed E-state index contributed by atoms with van der Waals surface area (Å²) in [5, 5.41) is 12.3. The molecule has 2 N–H and O–H groups in total. The summed E-state index contributed by atoms with van der Waals surface area (Å²) in [5.74, 6) is -1.14. The summed E-state index contributed by atoms with van der Waals surface area (Å²) in [4.78, 5) is 15.2. The van der Waals surface area contributed by atoms with E-state index in [1.165, 1.54) is 0 Å². The zero-order chi connectivity index (χ0) is 12.1. The van der Waals surface area contributed by atoms with Crippen LogP contribution >= 0.6 is 0 Å². The number of carbonyl (C=O) groups is 1. The summed E-state index contributed by atoms with van der Waals surface area (Å²) >= 11 is 0. The highest BCUT2D eigenvalue weighted by Gasteiger charge is 2.30. The zero-order valence-corrected chi connectivity index (χ0v) is 9.84. The van der Waals surface area contributed by atoms with Gasteiger partial charge in [0.15, 0.2) is 0 Å². The van der Waals surface area contributed by atoms with E-state index in [4.69, 9.17) is 0 Å².